The Labute approximate surface area is 156 Å². The largest absolute Gasteiger partial charge is 0.491 e. The minimum Gasteiger partial charge on any atom is -0.491 e. The molecule has 0 amide bonds. The number of nitrogens with one attached hydrogen (secondary N) is 1. The predicted octanol–water partition coefficient (Wildman–Crippen LogP) is 2.97. The third-order valence-electron chi connectivity index (χ3n) is 3.17. The molecule has 140 valence electrons. The molecule has 0 saturated heterocycles. The fraction of sp³-hybridized carbons (Fsp3) is 0.389. The van der Waals surface area contributed by atoms with Crippen molar-refractivity contribution in [1.82, 2.24) is 4.98 Å². The van der Waals surface area contributed by atoms with Crippen LogP contribution in [0.5, 0.6) is 5.75 Å². The predicted molar refractivity (Wildman–Crippen MR) is 102 cm³/mol. The molecule has 0 atom stereocenters. The highest BCUT2D eigenvalue weighted by Gasteiger charge is 2.08. The number of hydrogen-bond donors (Lipinski definition) is 2. The molecule has 26 heavy (non-hydrogen) atoms. The number of carbonyl (C=O) groups is 1. The van der Waals surface area contributed by atoms with E-state index >= 15 is 0 Å². The van der Waals surface area contributed by atoms with E-state index in [0.717, 1.165) is 5.56 Å². The summed E-state index contributed by atoms with van der Waals surface area (Å²) >= 11 is 1.36. The number of hydrazone groups is 1. The Morgan fingerprint density at radius 1 is 1.46 bits per heavy atom. The Hall–Kier alpha value is -2.45. The number of rotatable bonds is 9. The van der Waals surface area contributed by atoms with Crippen molar-refractivity contribution in [2.45, 2.75) is 39.9 Å². The van der Waals surface area contributed by atoms with Crippen LogP contribution in [0.15, 0.2) is 28.7 Å². The summed E-state index contributed by atoms with van der Waals surface area (Å²) in [7, 11) is 0. The van der Waals surface area contributed by atoms with Gasteiger partial charge in [-0.1, -0.05) is 0 Å². The molecule has 0 aliphatic carbocycles. The van der Waals surface area contributed by atoms with E-state index in [1.807, 2.05) is 32.0 Å². The molecular weight excluding hydrogens is 354 g/mol. The normalized spacial score (nSPS) is 11.1. The quantitative estimate of drug-likeness (QED) is 0.396. The Morgan fingerprint density at radius 2 is 2.27 bits per heavy atom. The van der Waals surface area contributed by atoms with E-state index in [2.05, 4.69) is 15.5 Å². The lowest BCUT2D eigenvalue weighted by molar-refractivity contribution is -0.142. The van der Waals surface area contributed by atoms with Crippen LogP contribution in [0.3, 0.4) is 0 Å². The Balaban J connectivity index is 1.96. The Bertz CT molecular complexity index is 759. The van der Waals surface area contributed by atoms with Crippen LogP contribution < -0.4 is 10.2 Å². The molecule has 1 aromatic heterocycles. The van der Waals surface area contributed by atoms with Gasteiger partial charge >= 0.3 is 5.97 Å². The summed E-state index contributed by atoms with van der Waals surface area (Å²) in [5.74, 6) is 0.365. The molecule has 2 rings (SSSR count). The second-order valence-electron chi connectivity index (χ2n) is 5.69. The second kappa shape index (κ2) is 9.88. The molecule has 8 heteroatoms. The number of aliphatic hydroxyl groups excluding tert-OH is 1. The van der Waals surface area contributed by atoms with E-state index in [9.17, 15) is 9.90 Å². The average molecular weight is 377 g/mol. The third-order valence-corrected chi connectivity index (χ3v) is 3.97. The van der Waals surface area contributed by atoms with Gasteiger partial charge in [-0.3, -0.25) is 10.2 Å². The van der Waals surface area contributed by atoms with Crippen molar-refractivity contribution < 1.29 is 19.4 Å². The molecule has 0 bridgehead atoms. The first-order chi connectivity index (χ1) is 12.5. The SMILES string of the molecule is CCOC(=O)Cc1csc(NN=Cc2ccc(OC(C)C)c(CO)c2)n1. The van der Waals surface area contributed by atoms with Crippen LogP contribution >= 0.6 is 11.3 Å². The highest BCUT2D eigenvalue weighted by atomic mass is 32.1. The van der Waals surface area contributed by atoms with Crippen molar-refractivity contribution in [2.75, 3.05) is 12.0 Å². The van der Waals surface area contributed by atoms with E-state index in [1.54, 1.807) is 18.5 Å². The van der Waals surface area contributed by atoms with Gasteiger partial charge in [0, 0.05) is 10.9 Å². The zero-order valence-corrected chi connectivity index (χ0v) is 15.9. The van der Waals surface area contributed by atoms with Gasteiger partial charge in [-0.25, -0.2) is 4.98 Å². The molecule has 2 aromatic rings. The van der Waals surface area contributed by atoms with Gasteiger partial charge in [-0.05, 0) is 44.5 Å². The summed E-state index contributed by atoms with van der Waals surface area (Å²) < 4.78 is 10.5. The summed E-state index contributed by atoms with van der Waals surface area (Å²) in [6.45, 7) is 5.88. The van der Waals surface area contributed by atoms with Crippen molar-refractivity contribution in [2.24, 2.45) is 5.10 Å². The second-order valence-corrected chi connectivity index (χ2v) is 6.55. The molecule has 0 saturated carbocycles. The highest BCUT2D eigenvalue weighted by Crippen LogP contribution is 2.21. The molecule has 0 fully saturated rings. The first kappa shape index (κ1) is 19.9. The maximum Gasteiger partial charge on any atom is 0.311 e. The van der Waals surface area contributed by atoms with Crippen molar-refractivity contribution in [3.63, 3.8) is 0 Å². The topological polar surface area (TPSA) is 93.0 Å². The van der Waals surface area contributed by atoms with Gasteiger partial charge in [0.2, 0.25) is 5.13 Å². The monoisotopic (exact) mass is 377 g/mol. The lowest BCUT2D eigenvalue weighted by atomic mass is 10.1. The van der Waals surface area contributed by atoms with E-state index in [0.29, 0.717) is 28.7 Å². The lowest BCUT2D eigenvalue weighted by Gasteiger charge is -2.13. The van der Waals surface area contributed by atoms with Gasteiger partial charge in [0.15, 0.2) is 0 Å². The minimum absolute atomic E-state index is 0.0372. The van der Waals surface area contributed by atoms with Crippen LogP contribution in [0.1, 0.15) is 37.6 Å². The maximum atomic E-state index is 11.4. The first-order valence-corrected chi connectivity index (χ1v) is 9.19. The molecule has 0 aliphatic rings. The van der Waals surface area contributed by atoms with Crippen LogP contribution in [-0.4, -0.2) is 35.0 Å². The van der Waals surface area contributed by atoms with Crippen LogP contribution in [0.25, 0.3) is 0 Å². The molecule has 0 spiro atoms. The van der Waals surface area contributed by atoms with Crippen LogP contribution in [0.2, 0.25) is 0 Å². The number of aromatic nitrogens is 1. The standard InChI is InChI=1S/C18H23N3O4S/c1-4-24-17(23)8-15-11-26-18(20-15)21-19-9-13-5-6-16(25-12(2)3)14(7-13)10-22/h5-7,9,11-12,22H,4,8,10H2,1-3H3,(H,20,21). The lowest BCUT2D eigenvalue weighted by Crippen LogP contribution is -2.08. The Kier molecular flexibility index (Phi) is 7.55. The smallest absolute Gasteiger partial charge is 0.311 e. The molecule has 2 N–H and O–H groups in total. The number of carbonyl (C=O) groups excluding carboxylic acids is 1. The number of aliphatic hydroxyl groups is 1. The summed E-state index contributed by atoms with van der Waals surface area (Å²) in [4.78, 5) is 15.7. The van der Waals surface area contributed by atoms with Gasteiger partial charge in [0.1, 0.15) is 5.75 Å². The zero-order valence-electron chi connectivity index (χ0n) is 15.1. The molecule has 0 unspecified atom stereocenters. The van der Waals surface area contributed by atoms with Crippen LogP contribution in [0.4, 0.5) is 5.13 Å². The number of thiazole rings is 1. The third kappa shape index (κ3) is 6.12. The van der Waals surface area contributed by atoms with Gasteiger partial charge in [0.05, 0.1) is 37.6 Å². The van der Waals surface area contributed by atoms with Crippen molar-refractivity contribution in [1.29, 1.82) is 0 Å². The van der Waals surface area contributed by atoms with Gasteiger partial charge in [-0.2, -0.15) is 5.10 Å². The van der Waals surface area contributed by atoms with Crippen molar-refractivity contribution in [3.8, 4) is 5.75 Å². The number of benzene rings is 1. The van der Waals surface area contributed by atoms with E-state index in [-0.39, 0.29) is 25.1 Å². The molecular formula is C18H23N3O4S. The van der Waals surface area contributed by atoms with Crippen molar-refractivity contribution >= 4 is 28.7 Å². The number of anilines is 1. The molecule has 0 radical (unpaired) electrons. The van der Waals surface area contributed by atoms with Gasteiger partial charge < -0.3 is 14.6 Å². The fourth-order valence-corrected chi connectivity index (χ4v) is 2.79. The number of esters is 1. The summed E-state index contributed by atoms with van der Waals surface area (Å²) in [5.41, 5.74) is 5.00. The van der Waals surface area contributed by atoms with Gasteiger partial charge in [-0.15, -0.1) is 11.3 Å². The summed E-state index contributed by atoms with van der Waals surface area (Å²) in [6.07, 6.45) is 1.81. The minimum atomic E-state index is -0.298. The fourth-order valence-electron chi connectivity index (χ4n) is 2.13. The highest BCUT2D eigenvalue weighted by molar-refractivity contribution is 7.13. The summed E-state index contributed by atoms with van der Waals surface area (Å²) in [5, 5.41) is 16.0. The first-order valence-electron chi connectivity index (χ1n) is 8.31. The molecule has 1 heterocycles. The molecule has 0 aliphatic heterocycles. The Morgan fingerprint density at radius 3 is 2.96 bits per heavy atom. The van der Waals surface area contributed by atoms with Crippen molar-refractivity contribution in [3.05, 3.63) is 40.4 Å². The zero-order chi connectivity index (χ0) is 18.9. The van der Waals surface area contributed by atoms with Crippen LogP contribution in [-0.2, 0) is 22.6 Å². The average Bonchev–Trinajstić information content (AvgIpc) is 3.03. The van der Waals surface area contributed by atoms with Gasteiger partial charge in [0.25, 0.3) is 0 Å². The number of ether oxygens (including phenoxy) is 2. The molecule has 7 nitrogen and oxygen atoms in total. The van der Waals surface area contributed by atoms with Crippen LogP contribution in [0, 0.1) is 0 Å². The number of nitrogens with zero attached hydrogens (tertiary/aromatic N) is 2. The number of hydrogen-bond acceptors (Lipinski definition) is 8. The summed E-state index contributed by atoms with van der Waals surface area (Å²) in [6, 6.07) is 5.49. The molecule has 1 aromatic carbocycles. The maximum absolute atomic E-state index is 11.4. The van der Waals surface area contributed by atoms with E-state index in [4.69, 9.17) is 9.47 Å². The van der Waals surface area contributed by atoms with E-state index < -0.39 is 0 Å². The van der Waals surface area contributed by atoms with E-state index in [1.165, 1.54) is 11.3 Å².